The average Bonchev–Trinajstić information content (AvgIpc) is 3.40. The number of fused-ring (bicyclic) bond motifs is 1. The lowest BCUT2D eigenvalue weighted by Crippen LogP contribution is -2.51. The number of amides is 1. The summed E-state index contributed by atoms with van der Waals surface area (Å²) in [4.78, 5) is 17.0. The molecule has 0 aromatic carbocycles. The minimum atomic E-state index is -4.45. The van der Waals surface area contributed by atoms with Crippen LogP contribution in [0.4, 0.5) is 13.2 Å². The summed E-state index contributed by atoms with van der Waals surface area (Å²) in [6.45, 7) is 6.75. The van der Waals surface area contributed by atoms with Crippen molar-refractivity contribution in [2.75, 3.05) is 32.7 Å². The molecule has 2 aromatic rings. The van der Waals surface area contributed by atoms with Crippen molar-refractivity contribution in [3.05, 3.63) is 29.7 Å². The number of carbonyl (C=O) groups excluding carboxylic acids is 1. The zero-order valence-corrected chi connectivity index (χ0v) is 17.2. The van der Waals surface area contributed by atoms with Gasteiger partial charge in [-0.15, -0.1) is 10.2 Å². The molecule has 1 aliphatic carbocycles. The number of pyridine rings is 1. The predicted octanol–water partition coefficient (Wildman–Crippen LogP) is 2.50. The van der Waals surface area contributed by atoms with Gasteiger partial charge in [-0.25, -0.2) is 0 Å². The van der Waals surface area contributed by atoms with E-state index >= 15 is 0 Å². The third kappa shape index (κ3) is 4.75. The summed E-state index contributed by atoms with van der Waals surface area (Å²) in [5.74, 6) is 0.730. The summed E-state index contributed by atoms with van der Waals surface area (Å²) in [5.41, 5.74) is 0.718. The van der Waals surface area contributed by atoms with E-state index in [4.69, 9.17) is 0 Å². The molecule has 1 saturated carbocycles. The van der Waals surface area contributed by atoms with Crippen LogP contribution in [0.25, 0.3) is 5.65 Å². The van der Waals surface area contributed by atoms with Crippen molar-refractivity contribution < 1.29 is 18.0 Å². The minimum absolute atomic E-state index is 0.000913. The molecule has 3 heterocycles. The molecule has 1 N–H and O–H groups in total. The van der Waals surface area contributed by atoms with Crippen LogP contribution in [0.1, 0.15) is 48.9 Å². The van der Waals surface area contributed by atoms with Gasteiger partial charge in [0, 0.05) is 38.4 Å². The van der Waals surface area contributed by atoms with Gasteiger partial charge in [0.1, 0.15) is 6.54 Å². The molecular weight excluding hydrogens is 397 g/mol. The van der Waals surface area contributed by atoms with E-state index in [0.717, 1.165) is 32.1 Å². The largest absolute Gasteiger partial charge is 0.405 e. The van der Waals surface area contributed by atoms with Crippen LogP contribution >= 0.6 is 0 Å². The Kier molecular flexibility index (Phi) is 5.71. The summed E-state index contributed by atoms with van der Waals surface area (Å²) >= 11 is 0. The minimum Gasteiger partial charge on any atom is -0.343 e. The van der Waals surface area contributed by atoms with Crippen molar-refractivity contribution in [2.45, 2.75) is 44.9 Å². The molecule has 0 bridgehead atoms. The number of nitrogens with zero attached hydrogens (tertiary/aromatic N) is 5. The second-order valence-electron chi connectivity index (χ2n) is 8.55. The van der Waals surface area contributed by atoms with Gasteiger partial charge in [-0.1, -0.05) is 0 Å². The molecule has 0 spiro atoms. The van der Waals surface area contributed by atoms with Crippen molar-refractivity contribution in [3.8, 4) is 0 Å². The Morgan fingerprint density at radius 3 is 2.67 bits per heavy atom. The maximum Gasteiger partial charge on any atom is 0.405 e. The van der Waals surface area contributed by atoms with E-state index in [2.05, 4.69) is 33.8 Å². The number of rotatable bonds is 6. The first-order valence-corrected chi connectivity index (χ1v) is 10.4. The van der Waals surface area contributed by atoms with E-state index in [0.29, 0.717) is 17.5 Å². The lowest BCUT2D eigenvalue weighted by Gasteiger charge is -2.42. The van der Waals surface area contributed by atoms with Crippen LogP contribution < -0.4 is 5.32 Å². The second kappa shape index (κ2) is 8.14. The van der Waals surface area contributed by atoms with Gasteiger partial charge in [0.25, 0.3) is 5.91 Å². The van der Waals surface area contributed by atoms with E-state index in [9.17, 15) is 18.0 Å². The molecule has 1 aliphatic heterocycles. The number of alkyl halides is 3. The van der Waals surface area contributed by atoms with Gasteiger partial charge >= 0.3 is 6.18 Å². The molecule has 1 saturated heterocycles. The van der Waals surface area contributed by atoms with E-state index < -0.39 is 18.6 Å². The number of hydrogen-bond donors (Lipinski definition) is 1. The summed E-state index contributed by atoms with van der Waals surface area (Å²) in [7, 11) is 0. The summed E-state index contributed by atoms with van der Waals surface area (Å²) in [6, 6.07) is 3.40. The molecule has 7 nitrogen and oxygen atoms in total. The third-order valence-electron chi connectivity index (χ3n) is 5.82. The summed E-state index contributed by atoms with van der Waals surface area (Å²) < 4.78 is 39.1. The van der Waals surface area contributed by atoms with Gasteiger partial charge in [0.2, 0.25) is 0 Å². The lowest BCUT2D eigenvalue weighted by molar-refractivity contribution is -0.123. The van der Waals surface area contributed by atoms with Crippen molar-refractivity contribution in [3.63, 3.8) is 0 Å². The number of aromatic nitrogens is 3. The Balaban J connectivity index is 1.60. The van der Waals surface area contributed by atoms with E-state index in [1.54, 1.807) is 10.5 Å². The molecule has 1 atom stereocenters. The molecule has 1 amide bonds. The Morgan fingerprint density at radius 2 is 2.00 bits per heavy atom. The number of nitrogens with one attached hydrogen (secondary N) is 1. The molecule has 2 aromatic heterocycles. The maximum absolute atomic E-state index is 12.4. The zero-order valence-electron chi connectivity index (χ0n) is 17.2. The van der Waals surface area contributed by atoms with Gasteiger partial charge in [0.15, 0.2) is 11.5 Å². The lowest BCUT2D eigenvalue weighted by atomic mass is 10.1. The maximum atomic E-state index is 12.4. The first-order chi connectivity index (χ1) is 14.2. The van der Waals surface area contributed by atoms with Gasteiger partial charge in [-0.05, 0) is 44.7 Å². The van der Waals surface area contributed by atoms with Crippen LogP contribution in [-0.2, 0) is 0 Å². The molecular formula is C20H27F3N6O. The van der Waals surface area contributed by atoms with Crippen molar-refractivity contribution in [2.24, 2.45) is 5.92 Å². The zero-order chi connectivity index (χ0) is 21.5. The van der Waals surface area contributed by atoms with E-state index in [1.807, 2.05) is 5.32 Å². The quantitative estimate of drug-likeness (QED) is 0.772. The highest BCUT2D eigenvalue weighted by Gasteiger charge is 2.35. The summed E-state index contributed by atoms with van der Waals surface area (Å²) in [6.07, 6.45) is -0.334. The number of hydrogen-bond acceptors (Lipinski definition) is 5. The molecule has 164 valence electrons. The summed E-state index contributed by atoms with van der Waals surface area (Å²) in [5, 5.41) is 10.5. The molecule has 2 aliphatic rings. The van der Waals surface area contributed by atoms with E-state index in [-0.39, 0.29) is 11.6 Å². The molecule has 2 fully saturated rings. The SMILES string of the molecule is CC(C)N1CCN(CC2CC2)C[C@H]1c1nnc2ccc(C(=O)NCC(F)(F)F)cn12. The van der Waals surface area contributed by atoms with Gasteiger partial charge in [-0.3, -0.25) is 19.0 Å². The van der Waals surface area contributed by atoms with Crippen LogP contribution in [-0.4, -0.2) is 75.2 Å². The Morgan fingerprint density at radius 1 is 1.23 bits per heavy atom. The standard InChI is InChI=1S/C20H27F3N6O/c1-13(2)28-8-7-27(9-14-3-4-14)11-16(28)18-26-25-17-6-5-15(10-29(17)18)19(30)24-12-20(21,22)23/h5-6,10,13-14,16H,3-4,7-9,11-12H2,1-2H3,(H,24,30)/t16-/m0/s1. The van der Waals surface area contributed by atoms with Crippen LogP contribution in [0.2, 0.25) is 0 Å². The number of halogens is 3. The van der Waals surface area contributed by atoms with Gasteiger partial charge in [0.05, 0.1) is 11.6 Å². The molecule has 10 heteroatoms. The Labute approximate surface area is 173 Å². The van der Waals surface area contributed by atoms with Crippen molar-refractivity contribution in [1.82, 2.24) is 29.7 Å². The highest BCUT2D eigenvalue weighted by molar-refractivity contribution is 5.94. The molecule has 4 rings (SSSR count). The number of piperazine rings is 1. The molecule has 0 unspecified atom stereocenters. The third-order valence-corrected chi connectivity index (χ3v) is 5.82. The van der Waals surface area contributed by atoms with Gasteiger partial charge in [-0.2, -0.15) is 13.2 Å². The molecule has 30 heavy (non-hydrogen) atoms. The normalized spacial score (nSPS) is 21.5. The van der Waals surface area contributed by atoms with Crippen LogP contribution in [0, 0.1) is 5.92 Å². The number of carbonyl (C=O) groups is 1. The highest BCUT2D eigenvalue weighted by atomic mass is 19.4. The fourth-order valence-electron chi connectivity index (χ4n) is 4.09. The second-order valence-corrected chi connectivity index (χ2v) is 8.55. The highest BCUT2D eigenvalue weighted by Crippen LogP contribution is 2.33. The first kappa shape index (κ1) is 21.0. The first-order valence-electron chi connectivity index (χ1n) is 10.4. The van der Waals surface area contributed by atoms with Crippen molar-refractivity contribution >= 4 is 11.6 Å². The fourth-order valence-corrected chi connectivity index (χ4v) is 4.09. The van der Waals surface area contributed by atoms with E-state index in [1.165, 1.54) is 25.1 Å². The fraction of sp³-hybridized carbons (Fsp3) is 0.650. The molecule has 0 radical (unpaired) electrons. The Hall–Kier alpha value is -2.20. The predicted molar refractivity (Wildman–Crippen MR) is 105 cm³/mol. The monoisotopic (exact) mass is 424 g/mol. The van der Waals surface area contributed by atoms with Crippen LogP contribution in [0.3, 0.4) is 0 Å². The van der Waals surface area contributed by atoms with Crippen molar-refractivity contribution in [1.29, 1.82) is 0 Å². The average molecular weight is 424 g/mol. The van der Waals surface area contributed by atoms with Crippen LogP contribution in [0.5, 0.6) is 0 Å². The van der Waals surface area contributed by atoms with Gasteiger partial charge < -0.3 is 5.32 Å². The smallest absolute Gasteiger partial charge is 0.343 e. The topological polar surface area (TPSA) is 65.8 Å². The van der Waals surface area contributed by atoms with Crippen LogP contribution in [0.15, 0.2) is 18.3 Å². The Bertz CT molecular complexity index is 908.